The first-order chi connectivity index (χ1) is 11.9. The van der Waals surface area contributed by atoms with Crippen LogP contribution < -0.4 is 15.4 Å². The summed E-state index contributed by atoms with van der Waals surface area (Å²) in [5, 5.41) is 7.36. The maximum absolute atomic E-state index is 5.55. The number of rotatable bonds is 6. The van der Waals surface area contributed by atoms with E-state index >= 15 is 0 Å². The van der Waals surface area contributed by atoms with Crippen LogP contribution in [-0.4, -0.2) is 11.7 Å². The second kappa shape index (κ2) is 8.86. The van der Waals surface area contributed by atoms with E-state index in [2.05, 4.69) is 56.5 Å². The van der Waals surface area contributed by atoms with Gasteiger partial charge in [-0.2, -0.15) is 0 Å². The van der Waals surface area contributed by atoms with Crippen LogP contribution in [0.4, 0.5) is 5.69 Å². The minimum atomic E-state index is 0.163. The van der Waals surface area contributed by atoms with Gasteiger partial charge in [0.25, 0.3) is 0 Å². The van der Waals surface area contributed by atoms with Crippen molar-refractivity contribution in [3.63, 3.8) is 0 Å². The number of aryl methyl sites for hydroxylation is 2. The Kier molecular flexibility index (Phi) is 6.82. The van der Waals surface area contributed by atoms with Gasteiger partial charge in [0, 0.05) is 11.8 Å². The van der Waals surface area contributed by atoms with Crippen molar-refractivity contribution in [3.05, 3.63) is 59.2 Å². The van der Waals surface area contributed by atoms with Crippen molar-refractivity contribution in [2.45, 2.75) is 40.7 Å². The van der Waals surface area contributed by atoms with Gasteiger partial charge in [-0.25, -0.2) is 0 Å². The molecule has 0 aliphatic rings. The zero-order valence-corrected chi connectivity index (χ0v) is 16.5. The standard InChI is InChI=1S/C21H28N2OS/c1-6-24-18-9-7-8-17(13-18)22-21(25)23-20(14(2)3)19-11-10-15(4)12-16(19)5/h7-14,20H,6H2,1-5H3,(H2,22,23,25)/t20-/m1/s1. The Morgan fingerprint density at radius 3 is 2.52 bits per heavy atom. The quantitative estimate of drug-likeness (QED) is 0.680. The summed E-state index contributed by atoms with van der Waals surface area (Å²) in [5.74, 6) is 1.25. The smallest absolute Gasteiger partial charge is 0.171 e. The highest BCUT2D eigenvalue weighted by molar-refractivity contribution is 7.80. The van der Waals surface area contributed by atoms with E-state index < -0.39 is 0 Å². The van der Waals surface area contributed by atoms with E-state index in [-0.39, 0.29) is 6.04 Å². The Bertz CT molecular complexity index is 728. The number of hydrogen-bond acceptors (Lipinski definition) is 2. The van der Waals surface area contributed by atoms with E-state index in [4.69, 9.17) is 17.0 Å². The van der Waals surface area contributed by atoms with E-state index in [0.29, 0.717) is 17.6 Å². The van der Waals surface area contributed by atoms with Gasteiger partial charge < -0.3 is 15.4 Å². The Balaban J connectivity index is 2.11. The molecule has 0 aliphatic carbocycles. The first kappa shape index (κ1) is 19.3. The van der Waals surface area contributed by atoms with Crippen LogP contribution in [0.3, 0.4) is 0 Å². The summed E-state index contributed by atoms with van der Waals surface area (Å²) in [5.41, 5.74) is 4.77. The molecule has 2 aromatic rings. The van der Waals surface area contributed by atoms with Gasteiger partial charge in [-0.15, -0.1) is 0 Å². The van der Waals surface area contributed by atoms with E-state index in [0.717, 1.165) is 11.4 Å². The van der Waals surface area contributed by atoms with Crippen LogP contribution in [0, 0.1) is 19.8 Å². The Labute approximate surface area is 156 Å². The van der Waals surface area contributed by atoms with E-state index in [1.54, 1.807) is 0 Å². The molecular weight excluding hydrogens is 328 g/mol. The lowest BCUT2D eigenvalue weighted by Gasteiger charge is -2.26. The van der Waals surface area contributed by atoms with Crippen LogP contribution in [0.1, 0.15) is 43.5 Å². The second-order valence-electron chi connectivity index (χ2n) is 6.64. The Morgan fingerprint density at radius 1 is 1.12 bits per heavy atom. The summed E-state index contributed by atoms with van der Waals surface area (Å²) < 4.78 is 5.54. The SMILES string of the molecule is CCOc1cccc(NC(=S)N[C@@H](c2ccc(C)cc2C)C(C)C)c1. The average molecular weight is 357 g/mol. The molecule has 0 saturated heterocycles. The van der Waals surface area contributed by atoms with Gasteiger partial charge in [0.05, 0.1) is 12.6 Å². The predicted octanol–water partition coefficient (Wildman–Crippen LogP) is 5.39. The molecule has 2 rings (SSSR count). The molecule has 3 nitrogen and oxygen atoms in total. The molecule has 0 heterocycles. The van der Waals surface area contributed by atoms with Crippen molar-refractivity contribution in [2.75, 3.05) is 11.9 Å². The van der Waals surface area contributed by atoms with Crippen LogP contribution in [0.15, 0.2) is 42.5 Å². The molecule has 4 heteroatoms. The molecule has 0 aromatic heterocycles. The largest absolute Gasteiger partial charge is 0.494 e. The minimum absolute atomic E-state index is 0.163. The summed E-state index contributed by atoms with van der Waals surface area (Å²) in [4.78, 5) is 0. The van der Waals surface area contributed by atoms with Gasteiger partial charge in [0.1, 0.15) is 5.75 Å². The first-order valence-electron chi connectivity index (χ1n) is 8.78. The third kappa shape index (κ3) is 5.46. The van der Waals surface area contributed by atoms with Gasteiger partial charge in [0.2, 0.25) is 0 Å². The zero-order valence-electron chi connectivity index (χ0n) is 15.7. The molecule has 0 aliphatic heterocycles. The summed E-state index contributed by atoms with van der Waals surface area (Å²) in [6, 6.07) is 14.6. The molecule has 2 N–H and O–H groups in total. The van der Waals surface area contributed by atoms with Crippen LogP contribution in [-0.2, 0) is 0 Å². The summed E-state index contributed by atoms with van der Waals surface area (Å²) in [7, 11) is 0. The molecule has 0 bridgehead atoms. The number of anilines is 1. The van der Waals surface area contributed by atoms with E-state index in [1.165, 1.54) is 16.7 Å². The molecule has 0 fully saturated rings. The fourth-order valence-electron chi connectivity index (χ4n) is 2.92. The van der Waals surface area contributed by atoms with Crippen molar-refractivity contribution < 1.29 is 4.74 Å². The van der Waals surface area contributed by atoms with Crippen LogP contribution in [0.5, 0.6) is 5.75 Å². The first-order valence-corrected chi connectivity index (χ1v) is 9.19. The molecule has 134 valence electrons. The van der Waals surface area contributed by atoms with Gasteiger partial charge >= 0.3 is 0 Å². The molecule has 1 atom stereocenters. The lowest BCUT2D eigenvalue weighted by atomic mass is 9.92. The highest BCUT2D eigenvalue weighted by Gasteiger charge is 2.18. The molecule has 0 unspecified atom stereocenters. The number of ether oxygens (including phenoxy) is 1. The van der Waals surface area contributed by atoms with Crippen LogP contribution in [0.2, 0.25) is 0 Å². The number of benzene rings is 2. The third-order valence-corrected chi connectivity index (χ3v) is 4.34. The molecule has 25 heavy (non-hydrogen) atoms. The maximum atomic E-state index is 5.55. The zero-order chi connectivity index (χ0) is 18.4. The topological polar surface area (TPSA) is 33.3 Å². The minimum Gasteiger partial charge on any atom is -0.494 e. The fraction of sp³-hybridized carbons (Fsp3) is 0.381. The van der Waals surface area contributed by atoms with Crippen molar-refractivity contribution in [1.82, 2.24) is 5.32 Å². The Morgan fingerprint density at radius 2 is 1.88 bits per heavy atom. The van der Waals surface area contributed by atoms with Crippen LogP contribution in [0.25, 0.3) is 0 Å². The van der Waals surface area contributed by atoms with E-state index in [1.807, 2.05) is 31.2 Å². The van der Waals surface area contributed by atoms with Crippen molar-refractivity contribution >= 4 is 23.0 Å². The molecule has 0 amide bonds. The average Bonchev–Trinajstić information content (AvgIpc) is 2.53. The maximum Gasteiger partial charge on any atom is 0.171 e. The van der Waals surface area contributed by atoms with Crippen molar-refractivity contribution in [3.8, 4) is 5.75 Å². The summed E-state index contributed by atoms with van der Waals surface area (Å²) in [6.07, 6.45) is 0. The summed E-state index contributed by atoms with van der Waals surface area (Å²) in [6.45, 7) is 11.3. The molecule has 0 saturated carbocycles. The second-order valence-corrected chi connectivity index (χ2v) is 7.05. The number of nitrogens with one attached hydrogen (secondary N) is 2. The molecule has 0 spiro atoms. The molecule has 2 aromatic carbocycles. The van der Waals surface area contributed by atoms with Crippen molar-refractivity contribution in [2.24, 2.45) is 5.92 Å². The molecule has 0 radical (unpaired) electrons. The highest BCUT2D eigenvalue weighted by atomic mass is 32.1. The lowest BCUT2D eigenvalue weighted by Crippen LogP contribution is -2.35. The van der Waals surface area contributed by atoms with Gasteiger partial charge in [-0.05, 0) is 62.2 Å². The third-order valence-electron chi connectivity index (χ3n) is 4.12. The van der Waals surface area contributed by atoms with E-state index in [9.17, 15) is 0 Å². The monoisotopic (exact) mass is 356 g/mol. The highest BCUT2D eigenvalue weighted by Crippen LogP contribution is 2.26. The molecular formula is C21H28N2OS. The fourth-order valence-corrected chi connectivity index (χ4v) is 3.16. The predicted molar refractivity (Wildman–Crippen MR) is 110 cm³/mol. The van der Waals surface area contributed by atoms with Gasteiger partial charge in [0.15, 0.2) is 5.11 Å². The van der Waals surface area contributed by atoms with Crippen molar-refractivity contribution in [1.29, 1.82) is 0 Å². The normalized spacial score (nSPS) is 11.9. The van der Waals surface area contributed by atoms with Gasteiger partial charge in [-0.1, -0.05) is 43.7 Å². The number of thiocarbonyl (C=S) groups is 1. The Hall–Kier alpha value is -2.07. The van der Waals surface area contributed by atoms with Gasteiger partial charge in [-0.3, -0.25) is 0 Å². The number of hydrogen-bond donors (Lipinski definition) is 2. The van der Waals surface area contributed by atoms with Crippen LogP contribution >= 0.6 is 12.2 Å². The lowest BCUT2D eigenvalue weighted by molar-refractivity contribution is 0.340. The summed E-state index contributed by atoms with van der Waals surface area (Å²) >= 11 is 5.55.